The van der Waals surface area contributed by atoms with Gasteiger partial charge in [-0.1, -0.05) is 13.8 Å². The van der Waals surface area contributed by atoms with Gasteiger partial charge in [0.25, 0.3) is 0 Å². The van der Waals surface area contributed by atoms with Crippen molar-refractivity contribution in [2.45, 2.75) is 52.2 Å². The Morgan fingerprint density at radius 3 is 2.53 bits per heavy atom. The van der Waals surface area contributed by atoms with Crippen molar-refractivity contribution >= 4 is 10.0 Å². The maximum absolute atomic E-state index is 11.9. The van der Waals surface area contributed by atoms with E-state index in [-0.39, 0.29) is 17.9 Å². The predicted octanol–water partition coefficient (Wildman–Crippen LogP) is 1.77. The van der Waals surface area contributed by atoms with Gasteiger partial charge in [0.1, 0.15) is 0 Å². The molecule has 0 aromatic carbocycles. The smallest absolute Gasteiger partial charge is 0.214 e. The first-order valence-electron chi connectivity index (χ1n) is 6.37. The molecule has 1 aliphatic rings. The van der Waals surface area contributed by atoms with E-state index in [4.69, 9.17) is 4.74 Å². The lowest BCUT2D eigenvalue weighted by molar-refractivity contribution is 0.135. The lowest BCUT2D eigenvalue weighted by Crippen LogP contribution is -2.44. The van der Waals surface area contributed by atoms with Crippen molar-refractivity contribution in [1.82, 2.24) is 4.72 Å². The van der Waals surface area contributed by atoms with Crippen LogP contribution in [0.2, 0.25) is 0 Å². The molecule has 1 N–H and O–H groups in total. The Bertz CT molecular complexity index is 329. The topological polar surface area (TPSA) is 55.4 Å². The summed E-state index contributed by atoms with van der Waals surface area (Å²) in [6.45, 7) is 6.13. The van der Waals surface area contributed by atoms with Crippen molar-refractivity contribution in [2.75, 3.05) is 12.9 Å². The summed E-state index contributed by atoms with van der Waals surface area (Å²) >= 11 is 0. The van der Waals surface area contributed by atoms with Crippen LogP contribution in [-0.2, 0) is 14.8 Å². The van der Waals surface area contributed by atoms with Crippen molar-refractivity contribution in [3.05, 3.63) is 0 Å². The van der Waals surface area contributed by atoms with E-state index in [1.165, 1.54) is 7.11 Å². The SMILES string of the molecule is CO[C@H](C)CS(=O)(=O)N[C@@H]1CC[C@@H](C)C[C@@H]1C. The van der Waals surface area contributed by atoms with Crippen LogP contribution in [0.25, 0.3) is 0 Å². The Balaban J connectivity index is 2.53. The van der Waals surface area contributed by atoms with Crippen molar-refractivity contribution in [2.24, 2.45) is 11.8 Å². The number of nitrogens with one attached hydrogen (secondary N) is 1. The monoisotopic (exact) mass is 263 g/mol. The molecule has 1 fully saturated rings. The number of hydrogen-bond acceptors (Lipinski definition) is 3. The molecule has 0 aromatic rings. The first kappa shape index (κ1) is 14.9. The number of methoxy groups -OCH3 is 1. The molecular weight excluding hydrogens is 238 g/mol. The van der Waals surface area contributed by atoms with Crippen LogP contribution in [0, 0.1) is 11.8 Å². The zero-order chi connectivity index (χ0) is 13.1. The van der Waals surface area contributed by atoms with E-state index >= 15 is 0 Å². The van der Waals surface area contributed by atoms with E-state index in [1.807, 2.05) is 0 Å². The maximum Gasteiger partial charge on any atom is 0.214 e. The fourth-order valence-corrected chi connectivity index (χ4v) is 4.16. The molecular formula is C12H25NO3S. The minimum absolute atomic E-state index is 0.0439. The van der Waals surface area contributed by atoms with E-state index < -0.39 is 10.0 Å². The van der Waals surface area contributed by atoms with Crippen LogP contribution in [-0.4, -0.2) is 33.4 Å². The lowest BCUT2D eigenvalue weighted by atomic mass is 9.80. The van der Waals surface area contributed by atoms with E-state index in [0.717, 1.165) is 19.3 Å². The summed E-state index contributed by atoms with van der Waals surface area (Å²) in [4.78, 5) is 0. The van der Waals surface area contributed by atoms with Gasteiger partial charge in [-0.2, -0.15) is 0 Å². The maximum atomic E-state index is 11.9. The summed E-state index contributed by atoms with van der Waals surface area (Å²) in [5.74, 6) is 1.18. The Morgan fingerprint density at radius 1 is 1.35 bits per heavy atom. The molecule has 0 spiro atoms. The Labute approximate surface area is 105 Å². The highest BCUT2D eigenvalue weighted by atomic mass is 32.2. The van der Waals surface area contributed by atoms with Gasteiger partial charge in [-0.05, 0) is 38.0 Å². The van der Waals surface area contributed by atoms with Gasteiger partial charge in [0.2, 0.25) is 10.0 Å². The Kier molecular flexibility index (Phi) is 5.41. The summed E-state index contributed by atoms with van der Waals surface area (Å²) in [6, 6.07) is 0.0975. The zero-order valence-electron chi connectivity index (χ0n) is 11.3. The molecule has 4 atom stereocenters. The predicted molar refractivity (Wildman–Crippen MR) is 69.4 cm³/mol. The van der Waals surface area contributed by atoms with Crippen LogP contribution in [0.4, 0.5) is 0 Å². The molecule has 0 unspecified atom stereocenters. The number of hydrogen-bond donors (Lipinski definition) is 1. The molecule has 0 heterocycles. The van der Waals surface area contributed by atoms with Gasteiger partial charge in [-0.15, -0.1) is 0 Å². The van der Waals surface area contributed by atoms with E-state index in [1.54, 1.807) is 6.92 Å². The van der Waals surface area contributed by atoms with Crippen molar-refractivity contribution in [1.29, 1.82) is 0 Å². The number of rotatable bonds is 5. The van der Waals surface area contributed by atoms with Gasteiger partial charge in [-0.25, -0.2) is 13.1 Å². The molecule has 4 nitrogen and oxygen atoms in total. The fourth-order valence-electron chi connectivity index (χ4n) is 2.50. The summed E-state index contributed by atoms with van der Waals surface area (Å²) < 4.78 is 31.6. The van der Waals surface area contributed by atoms with Crippen molar-refractivity contribution in [3.63, 3.8) is 0 Å². The van der Waals surface area contributed by atoms with E-state index in [2.05, 4.69) is 18.6 Å². The zero-order valence-corrected chi connectivity index (χ0v) is 12.1. The van der Waals surface area contributed by atoms with Gasteiger partial charge in [0.15, 0.2) is 0 Å². The van der Waals surface area contributed by atoms with Gasteiger partial charge >= 0.3 is 0 Å². The third-order valence-corrected chi connectivity index (χ3v) is 5.19. The Morgan fingerprint density at radius 2 is 2.00 bits per heavy atom. The number of ether oxygens (including phenoxy) is 1. The van der Waals surface area contributed by atoms with Crippen LogP contribution >= 0.6 is 0 Å². The minimum Gasteiger partial charge on any atom is -0.381 e. The third-order valence-electron chi connectivity index (χ3n) is 3.62. The molecule has 0 bridgehead atoms. The van der Waals surface area contributed by atoms with Gasteiger partial charge in [-0.3, -0.25) is 0 Å². The summed E-state index contributed by atoms with van der Waals surface area (Å²) in [5.41, 5.74) is 0. The molecule has 1 saturated carbocycles. The van der Waals surface area contributed by atoms with E-state index in [0.29, 0.717) is 11.8 Å². The minimum atomic E-state index is -3.22. The molecule has 0 aromatic heterocycles. The average molecular weight is 263 g/mol. The first-order chi connectivity index (χ1) is 7.84. The highest BCUT2D eigenvalue weighted by Gasteiger charge is 2.29. The molecule has 0 radical (unpaired) electrons. The second-order valence-electron chi connectivity index (χ2n) is 5.45. The van der Waals surface area contributed by atoms with Crippen molar-refractivity contribution in [3.8, 4) is 0 Å². The molecule has 0 saturated heterocycles. The molecule has 17 heavy (non-hydrogen) atoms. The average Bonchev–Trinajstić information content (AvgIpc) is 2.21. The van der Waals surface area contributed by atoms with E-state index in [9.17, 15) is 8.42 Å². The van der Waals surface area contributed by atoms with Crippen LogP contribution in [0.15, 0.2) is 0 Å². The molecule has 1 aliphatic carbocycles. The summed E-state index contributed by atoms with van der Waals surface area (Å²) in [5, 5.41) is 0. The highest BCUT2D eigenvalue weighted by Crippen LogP contribution is 2.28. The number of sulfonamides is 1. The summed E-state index contributed by atoms with van der Waals surface area (Å²) in [6.07, 6.45) is 2.90. The third kappa shape index (κ3) is 4.94. The molecule has 0 aliphatic heterocycles. The van der Waals surface area contributed by atoms with Crippen LogP contribution in [0.3, 0.4) is 0 Å². The molecule has 102 valence electrons. The quantitative estimate of drug-likeness (QED) is 0.822. The normalized spacial score (nSPS) is 32.4. The van der Waals surface area contributed by atoms with Crippen molar-refractivity contribution < 1.29 is 13.2 Å². The summed E-state index contributed by atoms with van der Waals surface area (Å²) in [7, 11) is -1.69. The van der Waals surface area contributed by atoms with Gasteiger partial charge < -0.3 is 4.74 Å². The van der Waals surface area contributed by atoms with Gasteiger partial charge in [0.05, 0.1) is 11.9 Å². The van der Waals surface area contributed by atoms with Gasteiger partial charge in [0, 0.05) is 13.2 Å². The lowest BCUT2D eigenvalue weighted by Gasteiger charge is -2.33. The highest BCUT2D eigenvalue weighted by molar-refractivity contribution is 7.89. The fraction of sp³-hybridized carbons (Fsp3) is 1.00. The molecule has 5 heteroatoms. The largest absolute Gasteiger partial charge is 0.381 e. The molecule has 1 rings (SSSR count). The van der Waals surface area contributed by atoms with Crippen LogP contribution in [0.5, 0.6) is 0 Å². The standard InChI is InChI=1S/C12H25NO3S/c1-9-5-6-12(10(2)7-9)13-17(14,15)8-11(3)16-4/h9-13H,5-8H2,1-4H3/t9-,10+,11-,12-/m1/s1. The first-order valence-corrected chi connectivity index (χ1v) is 8.02. The Hall–Kier alpha value is -0.130. The second-order valence-corrected chi connectivity index (χ2v) is 7.25. The molecule has 0 amide bonds. The van der Waals surface area contributed by atoms with Crippen LogP contribution < -0.4 is 4.72 Å². The van der Waals surface area contributed by atoms with Crippen LogP contribution in [0.1, 0.15) is 40.0 Å². The second kappa shape index (κ2) is 6.16.